The van der Waals surface area contributed by atoms with E-state index < -0.39 is 9.84 Å². The third kappa shape index (κ3) is 4.22. The van der Waals surface area contributed by atoms with E-state index in [1.54, 1.807) is 18.2 Å². The molecule has 2 rings (SSSR count). The molecule has 3 nitrogen and oxygen atoms in total. The molecule has 0 saturated carbocycles. The smallest absolute Gasteiger partial charge is 0.175 e. The highest BCUT2D eigenvalue weighted by Crippen LogP contribution is 2.29. The van der Waals surface area contributed by atoms with E-state index in [9.17, 15) is 8.42 Å². The largest absolute Gasteiger partial charge is 0.378 e. The van der Waals surface area contributed by atoms with E-state index in [4.69, 9.17) is 11.6 Å². The second-order valence-corrected chi connectivity index (χ2v) is 8.17. The number of hydrogen-bond acceptors (Lipinski definition) is 3. The third-order valence-electron chi connectivity index (χ3n) is 3.07. The van der Waals surface area contributed by atoms with Crippen molar-refractivity contribution in [1.29, 1.82) is 0 Å². The fourth-order valence-electron chi connectivity index (χ4n) is 2.00. The van der Waals surface area contributed by atoms with Gasteiger partial charge in [0, 0.05) is 27.5 Å². The van der Waals surface area contributed by atoms with Gasteiger partial charge in [0.1, 0.15) is 0 Å². The van der Waals surface area contributed by atoms with Gasteiger partial charge in [-0.2, -0.15) is 0 Å². The summed E-state index contributed by atoms with van der Waals surface area (Å²) in [5.41, 5.74) is 1.69. The zero-order valence-corrected chi connectivity index (χ0v) is 14.8. The minimum Gasteiger partial charge on any atom is -0.378 e. The summed E-state index contributed by atoms with van der Waals surface area (Å²) < 4.78 is 24.1. The summed E-state index contributed by atoms with van der Waals surface area (Å²) in [6.07, 6.45) is 1.20. The summed E-state index contributed by atoms with van der Waals surface area (Å²) >= 11 is 9.60. The minimum atomic E-state index is -3.21. The molecule has 2 aromatic rings. The van der Waals surface area contributed by atoms with Gasteiger partial charge in [0.25, 0.3) is 0 Å². The molecule has 0 aliphatic heterocycles. The van der Waals surface area contributed by atoms with Crippen LogP contribution >= 0.6 is 27.5 Å². The molecular formula is C15H15BrClNO2S. The van der Waals surface area contributed by atoms with E-state index in [-0.39, 0.29) is 6.04 Å². The van der Waals surface area contributed by atoms with E-state index in [2.05, 4.69) is 21.2 Å². The van der Waals surface area contributed by atoms with Gasteiger partial charge in [-0.25, -0.2) is 8.42 Å². The molecule has 1 unspecified atom stereocenters. The highest BCUT2D eigenvalue weighted by atomic mass is 79.9. The second kappa shape index (κ2) is 6.38. The van der Waals surface area contributed by atoms with E-state index in [1.807, 2.05) is 31.2 Å². The Morgan fingerprint density at radius 3 is 2.52 bits per heavy atom. The fourth-order valence-corrected chi connectivity index (χ4v) is 3.50. The van der Waals surface area contributed by atoms with Gasteiger partial charge >= 0.3 is 0 Å². The molecule has 112 valence electrons. The van der Waals surface area contributed by atoms with Gasteiger partial charge in [-0.1, -0.05) is 39.7 Å². The molecule has 0 bridgehead atoms. The average Bonchev–Trinajstić information content (AvgIpc) is 2.37. The average molecular weight is 389 g/mol. The van der Waals surface area contributed by atoms with Crippen molar-refractivity contribution < 1.29 is 8.42 Å². The Labute approximate surface area is 138 Å². The van der Waals surface area contributed by atoms with Crippen LogP contribution in [0.15, 0.2) is 51.8 Å². The number of hydrogen-bond donors (Lipinski definition) is 1. The molecule has 0 fully saturated rings. The Hall–Kier alpha value is -1.04. The van der Waals surface area contributed by atoms with Crippen LogP contribution in [0, 0.1) is 0 Å². The van der Waals surface area contributed by atoms with Crippen LogP contribution in [0.25, 0.3) is 0 Å². The van der Waals surface area contributed by atoms with Crippen molar-refractivity contribution in [2.75, 3.05) is 11.6 Å². The molecule has 21 heavy (non-hydrogen) atoms. The molecule has 0 saturated heterocycles. The molecule has 1 N–H and O–H groups in total. The number of nitrogens with one attached hydrogen (secondary N) is 1. The Kier molecular flexibility index (Phi) is 4.96. The highest BCUT2D eigenvalue weighted by Gasteiger charge is 2.12. The summed E-state index contributed by atoms with van der Waals surface area (Å²) in [7, 11) is -3.21. The van der Waals surface area contributed by atoms with Crippen LogP contribution in [0.3, 0.4) is 0 Å². The maximum Gasteiger partial charge on any atom is 0.175 e. The molecule has 0 aliphatic carbocycles. The first-order chi connectivity index (χ1) is 9.77. The summed E-state index contributed by atoms with van der Waals surface area (Å²) in [6, 6.07) is 12.4. The molecule has 6 heteroatoms. The van der Waals surface area contributed by atoms with Gasteiger partial charge in [0.2, 0.25) is 0 Å². The maximum atomic E-state index is 11.6. The summed E-state index contributed by atoms with van der Waals surface area (Å²) in [5.74, 6) is 0. The summed E-state index contributed by atoms with van der Waals surface area (Å²) in [4.78, 5) is 0.293. The quantitative estimate of drug-likeness (QED) is 0.827. The molecule has 1 atom stereocenters. The van der Waals surface area contributed by atoms with Gasteiger partial charge in [-0.05, 0) is 42.8 Å². The molecular weight excluding hydrogens is 374 g/mol. The summed E-state index contributed by atoms with van der Waals surface area (Å²) in [5, 5.41) is 3.92. The molecule has 2 aromatic carbocycles. The van der Waals surface area contributed by atoms with Crippen LogP contribution in [0.5, 0.6) is 0 Å². The lowest BCUT2D eigenvalue weighted by atomic mass is 10.1. The van der Waals surface area contributed by atoms with Crippen molar-refractivity contribution in [3.8, 4) is 0 Å². The Morgan fingerprint density at radius 1 is 1.19 bits per heavy atom. The van der Waals surface area contributed by atoms with Crippen molar-refractivity contribution in [2.24, 2.45) is 0 Å². The van der Waals surface area contributed by atoms with Gasteiger partial charge < -0.3 is 5.32 Å². The number of anilines is 1. The Morgan fingerprint density at radius 2 is 1.90 bits per heavy atom. The van der Waals surface area contributed by atoms with Gasteiger partial charge in [-0.15, -0.1) is 0 Å². The molecule has 0 aliphatic rings. The number of sulfone groups is 1. The normalized spacial score (nSPS) is 13.0. The van der Waals surface area contributed by atoms with Crippen molar-refractivity contribution >= 4 is 43.1 Å². The second-order valence-electron chi connectivity index (χ2n) is 4.83. The number of benzene rings is 2. The van der Waals surface area contributed by atoms with Crippen LogP contribution in [-0.2, 0) is 9.84 Å². The predicted molar refractivity (Wildman–Crippen MR) is 90.7 cm³/mol. The lowest BCUT2D eigenvalue weighted by Crippen LogP contribution is -2.08. The Balaban J connectivity index is 2.25. The third-order valence-corrected chi connectivity index (χ3v) is 5.01. The Bertz CT molecular complexity index is 762. The number of rotatable bonds is 4. The van der Waals surface area contributed by atoms with Crippen LogP contribution in [0.2, 0.25) is 5.02 Å². The molecule has 0 aromatic heterocycles. The van der Waals surface area contributed by atoms with E-state index in [1.165, 1.54) is 6.26 Å². The monoisotopic (exact) mass is 387 g/mol. The lowest BCUT2D eigenvalue weighted by Gasteiger charge is -2.17. The first kappa shape index (κ1) is 16.3. The SMILES string of the molecule is CC(Nc1cccc(S(C)(=O)=O)c1)c1ccc(Br)cc1Cl. The van der Waals surface area contributed by atoms with Crippen LogP contribution in [0.4, 0.5) is 5.69 Å². The van der Waals surface area contributed by atoms with Gasteiger partial charge in [-0.3, -0.25) is 0 Å². The van der Waals surface area contributed by atoms with Crippen LogP contribution in [0.1, 0.15) is 18.5 Å². The zero-order valence-electron chi connectivity index (χ0n) is 11.6. The topological polar surface area (TPSA) is 46.2 Å². The van der Waals surface area contributed by atoms with E-state index in [0.717, 1.165) is 15.7 Å². The highest BCUT2D eigenvalue weighted by molar-refractivity contribution is 9.10. The zero-order chi connectivity index (χ0) is 15.6. The van der Waals surface area contributed by atoms with Crippen LogP contribution < -0.4 is 5.32 Å². The standard InChI is InChI=1S/C15H15BrClNO2S/c1-10(14-7-6-11(16)8-15(14)17)18-12-4-3-5-13(9-12)21(2,19)20/h3-10,18H,1-2H3. The molecule has 0 amide bonds. The van der Waals surface area contributed by atoms with Crippen LogP contribution in [-0.4, -0.2) is 14.7 Å². The molecule has 0 radical (unpaired) electrons. The molecule has 0 heterocycles. The lowest BCUT2D eigenvalue weighted by molar-refractivity contribution is 0.602. The van der Waals surface area contributed by atoms with Gasteiger partial charge in [0.05, 0.1) is 4.90 Å². The fraction of sp³-hybridized carbons (Fsp3) is 0.200. The van der Waals surface area contributed by atoms with E-state index >= 15 is 0 Å². The van der Waals surface area contributed by atoms with Crippen molar-refractivity contribution in [3.05, 3.63) is 57.5 Å². The number of halogens is 2. The minimum absolute atomic E-state index is 0.0413. The van der Waals surface area contributed by atoms with E-state index in [0.29, 0.717) is 9.92 Å². The van der Waals surface area contributed by atoms with Crippen molar-refractivity contribution in [1.82, 2.24) is 0 Å². The maximum absolute atomic E-state index is 11.6. The first-order valence-corrected chi connectivity index (χ1v) is 9.35. The predicted octanol–water partition coefficient (Wildman–Crippen LogP) is 4.68. The first-order valence-electron chi connectivity index (χ1n) is 6.29. The summed E-state index contributed by atoms with van der Waals surface area (Å²) in [6.45, 7) is 1.97. The van der Waals surface area contributed by atoms with Gasteiger partial charge in [0.15, 0.2) is 9.84 Å². The van der Waals surface area contributed by atoms with Crippen molar-refractivity contribution in [2.45, 2.75) is 17.9 Å². The van der Waals surface area contributed by atoms with Crippen molar-refractivity contribution in [3.63, 3.8) is 0 Å². The molecule has 0 spiro atoms.